The van der Waals surface area contributed by atoms with Crippen LogP contribution in [0.2, 0.25) is 0 Å². The van der Waals surface area contributed by atoms with Crippen LogP contribution in [-0.2, 0) is 6.54 Å². The lowest BCUT2D eigenvalue weighted by molar-refractivity contribution is 0.233. The molecule has 0 bridgehead atoms. The molecule has 3 nitrogen and oxygen atoms in total. The van der Waals surface area contributed by atoms with Gasteiger partial charge in [-0.2, -0.15) is 5.26 Å². The van der Waals surface area contributed by atoms with Gasteiger partial charge in [0.1, 0.15) is 11.9 Å². The van der Waals surface area contributed by atoms with Gasteiger partial charge in [-0.15, -0.1) is 0 Å². The molecule has 0 spiro atoms. The van der Waals surface area contributed by atoms with E-state index in [-0.39, 0.29) is 18.1 Å². The number of aliphatic hydroxyl groups excluding tert-OH is 1. The topological polar surface area (TPSA) is 56.0 Å². The minimum Gasteiger partial charge on any atom is -0.396 e. The molecule has 1 aromatic rings. The third-order valence-electron chi connectivity index (χ3n) is 2.28. The standard InChI is InChI=1S/C12H15FN2O/c1-9(8-16)6-15-7-10-2-3-12(13)11(4-10)5-14/h2-4,9,15-16H,6-8H2,1H3. The zero-order chi connectivity index (χ0) is 12.0. The molecule has 2 N–H and O–H groups in total. The lowest BCUT2D eigenvalue weighted by Crippen LogP contribution is -2.22. The third-order valence-corrected chi connectivity index (χ3v) is 2.28. The fraction of sp³-hybridized carbons (Fsp3) is 0.417. The predicted molar refractivity (Wildman–Crippen MR) is 59.1 cm³/mol. The number of hydrogen-bond acceptors (Lipinski definition) is 3. The molecule has 86 valence electrons. The van der Waals surface area contributed by atoms with Crippen molar-refractivity contribution in [3.8, 4) is 6.07 Å². The maximum Gasteiger partial charge on any atom is 0.140 e. The molecule has 0 aliphatic heterocycles. The number of aliphatic hydroxyl groups is 1. The van der Waals surface area contributed by atoms with Crippen molar-refractivity contribution in [1.82, 2.24) is 5.32 Å². The SMILES string of the molecule is CC(CO)CNCc1ccc(F)c(C#N)c1. The number of hydrogen-bond donors (Lipinski definition) is 2. The van der Waals surface area contributed by atoms with Crippen LogP contribution in [0, 0.1) is 23.1 Å². The summed E-state index contributed by atoms with van der Waals surface area (Å²) >= 11 is 0. The van der Waals surface area contributed by atoms with Gasteiger partial charge >= 0.3 is 0 Å². The molecule has 1 aromatic carbocycles. The average molecular weight is 222 g/mol. The highest BCUT2D eigenvalue weighted by molar-refractivity contribution is 5.34. The molecule has 0 aromatic heterocycles. The minimum atomic E-state index is -0.491. The summed E-state index contributed by atoms with van der Waals surface area (Å²) in [6, 6.07) is 6.28. The fourth-order valence-electron chi connectivity index (χ4n) is 1.30. The van der Waals surface area contributed by atoms with E-state index in [1.54, 1.807) is 12.1 Å². The summed E-state index contributed by atoms with van der Waals surface area (Å²) in [7, 11) is 0. The van der Waals surface area contributed by atoms with E-state index in [0.29, 0.717) is 13.1 Å². The van der Waals surface area contributed by atoms with Gasteiger partial charge in [0, 0.05) is 19.7 Å². The molecule has 16 heavy (non-hydrogen) atoms. The van der Waals surface area contributed by atoms with Crippen LogP contribution in [0.3, 0.4) is 0 Å². The Hall–Kier alpha value is -1.44. The third kappa shape index (κ3) is 3.61. The van der Waals surface area contributed by atoms with E-state index in [1.165, 1.54) is 12.1 Å². The first kappa shape index (κ1) is 12.6. The summed E-state index contributed by atoms with van der Waals surface area (Å²) in [6.07, 6.45) is 0. The van der Waals surface area contributed by atoms with Crippen molar-refractivity contribution < 1.29 is 9.50 Å². The van der Waals surface area contributed by atoms with Gasteiger partial charge in [0.2, 0.25) is 0 Å². The van der Waals surface area contributed by atoms with Crippen molar-refractivity contribution >= 4 is 0 Å². The van der Waals surface area contributed by atoms with Crippen molar-refractivity contribution in [2.45, 2.75) is 13.5 Å². The van der Waals surface area contributed by atoms with Crippen molar-refractivity contribution in [2.75, 3.05) is 13.2 Å². The normalized spacial score (nSPS) is 12.1. The van der Waals surface area contributed by atoms with Crippen LogP contribution in [-0.4, -0.2) is 18.3 Å². The largest absolute Gasteiger partial charge is 0.396 e. The molecule has 0 saturated heterocycles. The first-order valence-corrected chi connectivity index (χ1v) is 5.17. The molecule has 0 fully saturated rings. The van der Waals surface area contributed by atoms with Crippen LogP contribution >= 0.6 is 0 Å². The van der Waals surface area contributed by atoms with Crippen molar-refractivity contribution in [2.24, 2.45) is 5.92 Å². The molecule has 1 unspecified atom stereocenters. The van der Waals surface area contributed by atoms with Crippen LogP contribution in [0.5, 0.6) is 0 Å². The van der Waals surface area contributed by atoms with Gasteiger partial charge in [0.15, 0.2) is 0 Å². The smallest absolute Gasteiger partial charge is 0.140 e. The van der Waals surface area contributed by atoms with Gasteiger partial charge in [-0.1, -0.05) is 13.0 Å². The Kier molecular flexibility index (Phi) is 4.90. The lowest BCUT2D eigenvalue weighted by atomic mass is 10.1. The zero-order valence-corrected chi connectivity index (χ0v) is 9.20. The fourth-order valence-corrected chi connectivity index (χ4v) is 1.30. The number of nitrogens with zero attached hydrogens (tertiary/aromatic N) is 1. The molecule has 1 atom stereocenters. The van der Waals surface area contributed by atoms with E-state index in [9.17, 15) is 4.39 Å². The molecule has 0 amide bonds. The Balaban J connectivity index is 2.52. The van der Waals surface area contributed by atoms with E-state index >= 15 is 0 Å². The Morgan fingerprint density at radius 3 is 2.94 bits per heavy atom. The number of rotatable bonds is 5. The minimum absolute atomic E-state index is 0.0644. The second-order valence-corrected chi connectivity index (χ2v) is 3.84. The van der Waals surface area contributed by atoms with Crippen molar-refractivity contribution in [3.63, 3.8) is 0 Å². The van der Waals surface area contributed by atoms with Gasteiger partial charge in [-0.25, -0.2) is 4.39 Å². The monoisotopic (exact) mass is 222 g/mol. The maximum atomic E-state index is 13.0. The van der Waals surface area contributed by atoms with Gasteiger partial charge in [-0.05, 0) is 23.6 Å². The van der Waals surface area contributed by atoms with Gasteiger partial charge in [0.05, 0.1) is 5.56 Å². The summed E-state index contributed by atoms with van der Waals surface area (Å²) < 4.78 is 13.0. The van der Waals surface area contributed by atoms with Crippen LogP contribution < -0.4 is 5.32 Å². The predicted octanol–water partition coefficient (Wildman–Crippen LogP) is 1.42. The quantitative estimate of drug-likeness (QED) is 0.792. The van der Waals surface area contributed by atoms with E-state index in [0.717, 1.165) is 5.56 Å². The molecular formula is C12H15FN2O. The molecule has 0 saturated carbocycles. The van der Waals surface area contributed by atoms with E-state index in [2.05, 4.69) is 5.32 Å². The van der Waals surface area contributed by atoms with Crippen LogP contribution in [0.4, 0.5) is 4.39 Å². The highest BCUT2D eigenvalue weighted by atomic mass is 19.1. The number of nitrogens with one attached hydrogen (secondary N) is 1. The van der Waals surface area contributed by atoms with Gasteiger partial charge < -0.3 is 10.4 Å². The van der Waals surface area contributed by atoms with Crippen molar-refractivity contribution in [1.29, 1.82) is 5.26 Å². The first-order valence-electron chi connectivity index (χ1n) is 5.17. The first-order chi connectivity index (χ1) is 7.67. The summed E-state index contributed by atoms with van der Waals surface area (Å²) in [5.41, 5.74) is 0.928. The summed E-state index contributed by atoms with van der Waals surface area (Å²) in [5.74, 6) is -0.300. The Bertz CT molecular complexity index is 387. The van der Waals surface area contributed by atoms with E-state index in [4.69, 9.17) is 10.4 Å². The van der Waals surface area contributed by atoms with Gasteiger partial charge in [-0.3, -0.25) is 0 Å². The van der Waals surface area contributed by atoms with Crippen LogP contribution in [0.15, 0.2) is 18.2 Å². The number of benzene rings is 1. The van der Waals surface area contributed by atoms with Gasteiger partial charge in [0.25, 0.3) is 0 Å². The molecule has 4 heteroatoms. The molecular weight excluding hydrogens is 207 g/mol. The highest BCUT2D eigenvalue weighted by Gasteiger charge is 2.03. The maximum absolute atomic E-state index is 13.0. The highest BCUT2D eigenvalue weighted by Crippen LogP contribution is 2.09. The second-order valence-electron chi connectivity index (χ2n) is 3.84. The Labute approximate surface area is 94.5 Å². The molecule has 0 aliphatic rings. The van der Waals surface area contributed by atoms with Crippen LogP contribution in [0.1, 0.15) is 18.1 Å². The Morgan fingerprint density at radius 1 is 1.56 bits per heavy atom. The average Bonchev–Trinajstić information content (AvgIpc) is 2.31. The molecule has 1 rings (SSSR count). The summed E-state index contributed by atoms with van der Waals surface area (Å²) in [5, 5.41) is 20.6. The summed E-state index contributed by atoms with van der Waals surface area (Å²) in [4.78, 5) is 0. The second kappa shape index (κ2) is 6.21. The molecule has 0 aliphatic carbocycles. The molecule has 0 heterocycles. The zero-order valence-electron chi connectivity index (χ0n) is 9.20. The summed E-state index contributed by atoms with van der Waals surface area (Å²) in [6.45, 7) is 3.33. The van der Waals surface area contributed by atoms with Crippen LogP contribution in [0.25, 0.3) is 0 Å². The number of halogens is 1. The number of nitriles is 1. The molecule has 0 radical (unpaired) electrons. The Morgan fingerprint density at radius 2 is 2.31 bits per heavy atom. The van der Waals surface area contributed by atoms with E-state index < -0.39 is 5.82 Å². The lowest BCUT2D eigenvalue weighted by Gasteiger charge is -2.09. The van der Waals surface area contributed by atoms with Crippen molar-refractivity contribution in [3.05, 3.63) is 35.1 Å². The van der Waals surface area contributed by atoms with E-state index in [1.807, 2.05) is 6.92 Å².